The highest BCUT2D eigenvalue weighted by molar-refractivity contribution is 5.57. The van der Waals surface area contributed by atoms with Gasteiger partial charge >= 0.3 is 0 Å². The van der Waals surface area contributed by atoms with Crippen LogP contribution in [0.1, 0.15) is 43.7 Å². The summed E-state index contributed by atoms with van der Waals surface area (Å²) < 4.78 is 4.95. The molecule has 0 atom stereocenters. The average Bonchev–Trinajstić information content (AvgIpc) is 2.31. The van der Waals surface area contributed by atoms with Crippen LogP contribution in [0.25, 0.3) is 0 Å². The van der Waals surface area contributed by atoms with Crippen LogP contribution in [0.4, 0.5) is 0 Å². The van der Waals surface area contributed by atoms with E-state index in [0.717, 1.165) is 24.0 Å². The maximum atomic E-state index is 9.88. The molecule has 0 unspecified atom stereocenters. The van der Waals surface area contributed by atoms with E-state index in [1.807, 2.05) is 6.92 Å². The number of phenolic OH excluding ortho intramolecular Hbond substituents is 2. The van der Waals surface area contributed by atoms with Crippen LogP contribution >= 0.6 is 0 Å². The molecule has 0 saturated heterocycles. The van der Waals surface area contributed by atoms with E-state index in [0.29, 0.717) is 0 Å². The molecule has 96 valence electrons. The Morgan fingerprint density at radius 2 is 1.88 bits per heavy atom. The van der Waals surface area contributed by atoms with Crippen molar-refractivity contribution in [3.05, 3.63) is 17.2 Å². The van der Waals surface area contributed by atoms with Crippen LogP contribution in [0.15, 0.2) is 6.07 Å². The van der Waals surface area contributed by atoms with E-state index in [4.69, 9.17) is 4.74 Å². The summed E-state index contributed by atoms with van der Waals surface area (Å²) in [6.45, 7) is 4.03. The van der Waals surface area contributed by atoms with Gasteiger partial charge in [-0.1, -0.05) is 26.2 Å². The molecule has 0 aliphatic rings. The fraction of sp³-hybridized carbons (Fsp3) is 0.571. The summed E-state index contributed by atoms with van der Waals surface area (Å²) in [5, 5.41) is 19.6. The Hall–Kier alpha value is -1.38. The first-order chi connectivity index (χ1) is 8.11. The highest BCUT2D eigenvalue weighted by atomic mass is 16.5. The molecule has 1 aromatic carbocycles. The molecule has 0 saturated carbocycles. The summed E-state index contributed by atoms with van der Waals surface area (Å²) in [5.41, 5.74) is 1.80. The quantitative estimate of drug-likeness (QED) is 0.745. The summed E-state index contributed by atoms with van der Waals surface area (Å²) in [7, 11) is 1.44. The molecule has 2 N–H and O–H groups in total. The lowest BCUT2D eigenvalue weighted by Crippen LogP contribution is -1.94. The Morgan fingerprint density at radius 3 is 2.47 bits per heavy atom. The lowest BCUT2D eigenvalue weighted by molar-refractivity contribution is 0.342. The van der Waals surface area contributed by atoms with E-state index in [-0.39, 0.29) is 17.2 Å². The maximum Gasteiger partial charge on any atom is 0.203 e. The number of hydrogen-bond donors (Lipinski definition) is 2. The number of benzene rings is 1. The molecular weight excluding hydrogens is 216 g/mol. The van der Waals surface area contributed by atoms with Gasteiger partial charge in [0.1, 0.15) is 0 Å². The first-order valence-corrected chi connectivity index (χ1v) is 6.20. The third-order valence-corrected chi connectivity index (χ3v) is 3.10. The third-order valence-electron chi connectivity index (χ3n) is 3.10. The van der Waals surface area contributed by atoms with E-state index >= 15 is 0 Å². The molecular formula is C14H22O3. The normalized spacial score (nSPS) is 10.5. The topological polar surface area (TPSA) is 49.7 Å². The van der Waals surface area contributed by atoms with Gasteiger partial charge in [0.05, 0.1) is 7.11 Å². The van der Waals surface area contributed by atoms with E-state index in [1.165, 1.54) is 26.4 Å². The number of aryl methyl sites for hydroxylation is 1. The Balaban J connectivity index is 2.80. The number of aromatic hydroxyl groups is 2. The van der Waals surface area contributed by atoms with Gasteiger partial charge in [0.25, 0.3) is 0 Å². The number of phenols is 2. The summed E-state index contributed by atoms with van der Waals surface area (Å²) >= 11 is 0. The SMILES string of the molecule is CCCCCCc1cc(O)c(OC)c(O)c1C. The van der Waals surface area contributed by atoms with E-state index < -0.39 is 0 Å². The second-order valence-corrected chi connectivity index (χ2v) is 4.37. The molecule has 3 nitrogen and oxygen atoms in total. The molecule has 0 bridgehead atoms. The molecule has 0 amide bonds. The monoisotopic (exact) mass is 238 g/mol. The minimum absolute atomic E-state index is 0.0149. The zero-order valence-electron chi connectivity index (χ0n) is 10.9. The van der Waals surface area contributed by atoms with Gasteiger partial charge in [-0.05, 0) is 37.0 Å². The standard InChI is InChI=1S/C14H22O3/c1-4-5-6-7-8-11-9-12(15)14(17-3)13(16)10(11)2/h9,15-16H,4-8H2,1-3H3. The fourth-order valence-corrected chi connectivity index (χ4v) is 1.99. The van der Waals surface area contributed by atoms with Crippen LogP contribution < -0.4 is 4.74 Å². The van der Waals surface area contributed by atoms with Crippen molar-refractivity contribution in [2.24, 2.45) is 0 Å². The first-order valence-electron chi connectivity index (χ1n) is 6.20. The van der Waals surface area contributed by atoms with E-state index in [1.54, 1.807) is 6.07 Å². The van der Waals surface area contributed by atoms with Gasteiger partial charge in [0.15, 0.2) is 11.5 Å². The minimum Gasteiger partial charge on any atom is -0.504 e. The third kappa shape index (κ3) is 3.29. The number of ether oxygens (including phenoxy) is 1. The average molecular weight is 238 g/mol. The summed E-state index contributed by atoms with van der Waals surface area (Å²) in [5.74, 6) is 0.235. The molecule has 0 heterocycles. The van der Waals surface area contributed by atoms with Gasteiger partial charge in [0, 0.05) is 0 Å². The second-order valence-electron chi connectivity index (χ2n) is 4.37. The molecule has 0 radical (unpaired) electrons. The lowest BCUT2D eigenvalue weighted by Gasteiger charge is -2.13. The van der Waals surface area contributed by atoms with Crippen LogP contribution in [0.2, 0.25) is 0 Å². The molecule has 17 heavy (non-hydrogen) atoms. The highest BCUT2D eigenvalue weighted by Crippen LogP contribution is 2.40. The minimum atomic E-state index is 0.0149. The highest BCUT2D eigenvalue weighted by Gasteiger charge is 2.14. The smallest absolute Gasteiger partial charge is 0.203 e. The summed E-state index contributed by atoms with van der Waals surface area (Å²) in [4.78, 5) is 0. The Bertz CT molecular complexity index is 372. The Morgan fingerprint density at radius 1 is 1.18 bits per heavy atom. The fourth-order valence-electron chi connectivity index (χ4n) is 1.99. The van der Waals surface area contributed by atoms with Crippen molar-refractivity contribution >= 4 is 0 Å². The van der Waals surface area contributed by atoms with Gasteiger partial charge in [-0.15, -0.1) is 0 Å². The van der Waals surface area contributed by atoms with Crippen molar-refractivity contribution in [1.29, 1.82) is 0 Å². The van der Waals surface area contributed by atoms with Gasteiger partial charge in [-0.25, -0.2) is 0 Å². The van der Waals surface area contributed by atoms with E-state index in [2.05, 4.69) is 6.92 Å². The van der Waals surface area contributed by atoms with E-state index in [9.17, 15) is 10.2 Å². The van der Waals surface area contributed by atoms with Crippen LogP contribution in [0.5, 0.6) is 17.2 Å². The number of hydrogen-bond acceptors (Lipinski definition) is 3. The van der Waals surface area contributed by atoms with Crippen molar-refractivity contribution < 1.29 is 14.9 Å². The Kier molecular flexibility index (Phi) is 5.13. The Labute approximate surface area is 103 Å². The molecule has 0 aliphatic carbocycles. The van der Waals surface area contributed by atoms with Crippen LogP contribution in [0.3, 0.4) is 0 Å². The zero-order chi connectivity index (χ0) is 12.8. The maximum absolute atomic E-state index is 9.88. The van der Waals surface area contributed by atoms with Crippen molar-refractivity contribution in [2.45, 2.75) is 46.0 Å². The zero-order valence-corrected chi connectivity index (χ0v) is 10.9. The molecule has 1 rings (SSSR count). The molecule has 3 heteroatoms. The number of methoxy groups -OCH3 is 1. The van der Waals surface area contributed by atoms with Gasteiger partial charge in [-0.2, -0.15) is 0 Å². The lowest BCUT2D eigenvalue weighted by atomic mass is 10.00. The van der Waals surface area contributed by atoms with Crippen molar-refractivity contribution in [1.82, 2.24) is 0 Å². The second kappa shape index (κ2) is 6.38. The predicted octanol–water partition coefficient (Wildman–Crippen LogP) is 3.54. The predicted molar refractivity (Wildman–Crippen MR) is 68.9 cm³/mol. The first kappa shape index (κ1) is 13.7. The van der Waals surface area contributed by atoms with Gasteiger partial charge < -0.3 is 14.9 Å². The molecule has 0 spiro atoms. The summed E-state index contributed by atoms with van der Waals surface area (Å²) in [6.07, 6.45) is 5.59. The van der Waals surface area contributed by atoms with Gasteiger partial charge in [0.2, 0.25) is 5.75 Å². The molecule has 1 aromatic rings. The molecule has 0 aromatic heterocycles. The van der Waals surface area contributed by atoms with Crippen molar-refractivity contribution in [3.8, 4) is 17.2 Å². The number of rotatable bonds is 6. The van der Waals surface area contributed by atoms with Crippen LogP contribution in [0, 0.1) is 6.92 Å². The van der Waals surface area contributed by atoms with Crippen LogP contribution in [-0.2, 0) is 6.42 Å². The van der Waals surface area contributed by atoms with Crippen molar-refractivity contribution in [2.75, 3.05) is 7.11 Å². The molecule has 0 fully saturated rings. The van der Waals surface area contributed by atoms with Crippen LogP contribution in [-0.4, -0.2) is 17.3 Å². The molecule has 0 aliphatic heterocycles. The number of unbranched alkanes of at least 4 members (excludes halogenated alkanes) is 3. The summed E-state index contributed by atoms with van der Waals surface area (Å²) in [6, 6.07) is 1.69. The van der Waals surface area contributed by atoms with Crippen molar-refractivity contribution in [3.63, 3.8) is 0 Å². The van der Waals surface area contributed by atoms with Gasteiger partial charge in [-0.3, -0.25) is 0 Å². The largest absolute Gasteiger partial charge is 0.504 e.